The van der Waals surface area contributed by atoms with Crippen LogP contribution in [-0.4, -0.2) is 11.6 Å². The van der Waals surface area contributed by atoms with Gasteiger partial charge < -0.3 is 0 Å². The molecule has 0 spiro atoms. The molecule has 0 saturated heterocycles. The lowest BCUT2D eigenvalue weighted by molar-refractivity contribution is -0.122. The quantitative estimate of drug-likeness (QED) is 0.782. The molecule has 1 aliphatic heterocycles. The van der Waals surface area contributed by atoms with Gasteiger partial charge in [-0.2, -0.15) is 5.10 Å². The molecule has 15 heavy (non-hydrogen) atoms. The van der Waals surface area contributed by atoms with Crippen molar-refractivity contribution in [1.29, 1.82) is 0 Å². The smallest absolute Gasteiger partial charge is 0.249 e. The van der Waals surface area contributed by atoms with E-state index in [1.165, 1.54) is 12.1 Å². The summed E-state index contributed by atoms with van der Waals surface area (Å²) in [5.74, 6) is -0.563. The number of halogens is 1. The summed E-state index contributed by atoms with van der Waals surface area (Å²) in [6.07, 6.45) is 0.571. The number of hydrogen-bond acceptors (Lipinski definition) is 2. The highest BCUT2D eigenvalue weighted by Gasteiger charge is 2.26. The highest BCUT2D eigenvalue weighted by molar-refractivity contribution is 6.07. The molecule has 0 aliphatic carbocycles. The monoisotopic (exact) mass is 206 g/mol. The second-order valence-electron chi connectivity index (χ2n) is 3.61. The molecule has 1 aromatic rings. The summed E-state index contributed by atoms with van der Waals surface area (Å²) in [5.41, 5.74) is 4.15. The minimum atomic E-state index is -0.264. The van der Waals surface area contributed by atoms with Crippen molar-refractivity contribution in [2.24, 2.45) is 11.0 Å². The fraction of sp³-hybridized carbons (Fsp3) is 0.273. The molecule has 0 radical (unpaired) electrons. The summed E-state index contributed by atoms with van der Waals surface area (Å²) in [4.78, 5) is 11.4. The molecule has 0 bridgehead atoms. The van der Waals surface area contributed by atoms with E-state index in [2.05, 4.69) is 10.5 Å². The number of hydrazone groups is 1. The highest BCUT2D eigenvalue weighted by atomic mass is 19.1. The van der Waals surface area contributed by atoms with Gasteiger partial charge in [-0.05, 0) is 31.0 Å². The molecule has 2 rings (SSSR count). The first kappa shape index (κ1) is 9.83. The predicted octanol–water partition coefficient (Wildman–Crippen LogP) is 1.49. The van der Waals surface area contributed by atoms with Crippen molar-refractivity contribution in [1.82, 2.24) is 5.43 Å². The van der Waals surface area contributed by atoms with E-state index in [1.54, 1.807) is 12.1 Å². The van der Waals surface area contributed by atoms with E-state index >= 15 is 0 Å². The van der Waals surface area contributed by atoms with E-state index in [9.17, 15) is 9.18 Å². The lowest BCUT2D eigenvalue weighted by Crippen LogP contribution is -2.24. The third-order valence-corrected chi connectivity index (χ3v) is 2.52. The number of rotatable bonds is 2. The van der Waals surface area contributed by atoms with Gasteiger partial charge in [0.05, 0.1) is 5.92 Å². The zero-order valence-electron chi connectivity index (χ0n) is 8.33. The van der Waals surface area contributed by atoms with Gasteiger partial charge in [-0.3, -0.25) is 4.79 Å². The normalized spacial score (nSPS) is 20.0. The summed E-state index contributed by atoms with van der Waals surface area (Å²) < 4.78 is 12.7. The Bertz CT molecular complexity index is 411. The van der Waals surface area contributed by atoms with Gasteiger partial charge in [0.15, 0.2) is 0 Å². The molecule has 1 aromatic carbocycles. The van der Waals surface area contributed by atoms with Gasteiger partial charge in [0.1, 0.15) is 5.82 Å². The summed E-state index contributed by atoms with van der Waals surface area (Å²) in [7, 11) is 0. The maximum atomic E-state index is 12.7. The van der Waals surface area contributed by atoms with Gasteiger partial charge in [-0.15, -0.1) is 0 Å². The second-order valence-corrected chi connectivity index (χ2v) is 3.61. The average Bonchev–Trinajstić information content (AvgIpc) is 2.53. The van der Waals surface area contributed by atoms with Crippen molar-refractivity contribution >= 4 is 11.6 Å². The summed E-state index contributed by atoms with van der Waals surface area (Å²) in [6, 6.07) is 6.17. The SMILES string of the molecule is CC1=NNC(=O)[C@H]1Cc1ccc(F)cc1. The Kier molecular flexibility index (Phi) is 2.49. The molecule has 3 nitrogen and oxygen atoms in total. The number of hydrogen-bond donors (Lipinski definition) is 1. The molecule has 1 aliphatic rings. The van der Waals surface area contributed by atoms with Crippen LogP contribution in [0.1, 0.15) is 12.5 Å². The van der Waals surface area contributed by atoms with Gasteiger partial charge in [0.25, 0.3) is 0 Å². The van der Waals surface area contributed by atoms with Crippen LogP contribution in [0.25, 0.3) is 0 Å². The molecule has 78 valence electrons. The average molecular weight is 206 g/mol. The molecule has 0 fully saturated rings. The van der Waals surface area contributed by atoms with Crippen molar-refractivity contribution in [3.63, 3.8) is 0 Å². The minimum Gasteiger partial charge on any atom is -0.272 e. The maximum Gasteiger partial charge on any atom is 0.249 e. The van der Waals surface area contributed by atoms with Crippen LogP contribution in [0.15, 0.2) is 29.4 Å². The van der Waals surface area contributed by atoms with Gasteiger partial charge >= 0.3 is 0 Å². The van der Waals surface area contributed by atoms with Crippen LogP contribution in [0.3, 0.4) is 0 Å². The molecule has 1 atom stereocenters. The Morgan fingerprint density at radius 1 is 1.40 bits per heavy atom. The van der Waals surface area contributed by atoms with E-state index in [4.69, 9.17) is 0 Å². The summed E-state index contributed by atoms with van der Waals surface area (Å²) in [5, 5.41) is 3.86. The van der Waals surface area contributed by atoms with Crippen LogP contribution in [0.2, 0.25) is 0 Å². The van der Waals surface area contributed by atoms with Crippen LogP contribution < -0.4 is 5.43 Å². The summed E-state index contributed by atoms with van der Waals surface area (Å²) >= 11 is 0. The third-order valence-electron chi connectivity index (χ3n) is 2.52. The number of carbonyl (C=O) groups is 1. The largest absolute Gasteiger partial charge is 0.272 e. The first-order chi connectivity index (χ1) is 7.16. The second kappa shape index (κ2) is 3.81. The van der Waals surface area contributed by atoms with E-state index in [1.807, 2.05) is 6.92 Å². The predicted molar refractivity (Wildman–Crippen MR) is 54.8 cm³/mol. The molecule has 1 amide bonds. The number of carbonyl (C=O) groups excluding carboxylic acids is 1. The van der Waals surface area contributed by atoms with Crippen LogP contribution in [0.5, 0.6) is 0 Å². The lowest BCUT2D eigenvalue weighted by Gasteiger charge is -2.07. The zero-order valence-corrected chi connectivity index (χ0v) is 8.33. The van der Waals surface area contributed by atoms with Crippen LogP contribution in [0.4, 0.5) is 4.39 Å². The van der Waals surface area contributed by atoms with E-state index in [0.717, 1.165) is 11.3 Å². The number of nitrogens with one attached hydrogen (secondary N) is 1. The molecule has 1 N–H and O–H groups in total. The molecule has 4 heteroatoms. The fourth-order valence-corrected chi connectivity index (χ4v) is 1.59. The van der Waals surface area contributed by atoms with Crippen molar-refractivity contribution < 1.29 is 9.18 Å². The molecule has 0 aromatic heterocycles. The van der Waals surface area contributed by atoms with Gasteiger partial charge in [0, 0.05) is 5.71 Å². The molecular formula is C11H11FN2O. The Morgan fingerprint density at radius 2 is 2.07 bits per heavy atom. The standard InChI is InChI=1S/C11H11FN2O/c1-7-10(11(15)14-13-7)6-8-2-4-9(12)5-3-8/h2-5,10H,6H2,1H3,(H,14,15)/t10-/m0/s1. The highest BCUT2D eigenvalue weighted by Crippen LogP contribution is 2.14. The van der Waals surface area contributed by atoms with Crippen molar-refractivity contribution in [2.75, 3.05) is 0 Å². The van der Waals surface area contributed by atoms with Crippen molar-refractivity contribution in [2.45, 2.75) is 13.3 Å². The van der Waals surface area contributed by atoms with Gasteiger partial charge in [-0.25, -0.2) is 9.82 Å². The first-order valence-corrected chi connectivity index (χ1v) is 4.75. The lowest BCUT2D eigenvalue weighted by atomic mass is 9.96. The Balaban J connectivity index is 2.12. The van der Waals surface area contributed by atoms with E-state index in [0.29, 0.717) is 6.42 Å². The first-order valence-electron chi connectivity index (χ1n) is 4.75. The number of nitrogens with zero attached hydrogens (tertiary/aromatic N) is 1. The topological polar surface area (TPSA) is 41.5 Å². The zero-order chi connectivity index (χ0) is 10.8. The number of benzene rings is 1. The van der Waals surface area contributed by atoms with Crippen LogP contribution >= 0.6 is 0 Å². The summed E-state index contributed by atoms with van der Waals surface area (Å²) in [6.45, 7) is 1.81. The Hall–Kier alpha value is -1.71. The molecule has 0 saturated carbocycles. The van der Waals surface area contributed by atoms with Gasteiger partial charge in [0.2, 0.25) is 5.91 Å². The van der Waals surface area contributed by atoms with Crippen molar-refractivity contribution in [3.05, 3.63) is 35.6 Å². The minimum absolute atomic E-state index is 0.0863. The van der Waals surface area contributed by atoms with Crippen LogP contribution in [-0.2, 0) is 11.2 Å². The van der Waals surface area contributed by atoms with Crippen LogP contribution in [0, 0.1) is 11.7 Å². The Morgan fingerprint density at radius 3 is 2.60 bits per heavy atom. The number of amides is 1. The molecule has 0 unspecified atom stereocenters. The maximum absolute atomic E-state index is 12.7. The fourth-order valence-electron chi connectivity index (χ4n) is 1.59. The third kappa shape index (κ3) is 2.03. The van der Waals surface area contributed by atoms with E-state index < -0.39 is 0 Å². The van der Waals surface area contributed by atoms with Gasteiger partial charge in [-0.1, -0.05) is 12.1 Å². The van der Waals surface area contributed by atoms with E-state index in [-0.39, 0.29) is 17.6 Å². The molecule has 1 heterocycles. The molecular weight excluding hydrogens is 195 g/mol. The van der Waals surface area contributed by atoms with Crippen molar-refractivity contribution in [3.8, 4) is 0 Å². The Labute approximate surface area is 87.0 Å².